The molecule has 1 aliphatic carbocycles. The Labute approximate surface area is 84.1 Å². The van der Waals surface area contributed by atoms with Crippen molar-refractivity contribution in [3.63, 3.8) is 0 Å². The van der Waals surface area contributed by atoms with Crippen LogP contribution in [-0.2, 0) is 14.3 Å². The highest BCUT2D eigenvalue weighted by Crippen LogP contribution is 2.44. The Bertz CT molecular complexity index is 291. The van der Waals surface area contributed by atoms with Crippen molar-refractivity contribution in [2.24, 2.45) is 5.41 Å². The van der Waals surface area contributed by atoms with Crippen LogP contribution in [0.5, 0.6) is 0 Å². The lowest BCUT2D eigenvalue weighted by Crippen LogP contribution is -2.37. The van der Waals surface area contributed by atoms with E-state index in [0.717, 1.165) is 18.4 Å². The molecule has 0 spiro atoms. The van der Waals surface area contributed by atoms with Gasteiger partial charge in [-0.05, 0) is 38.7 Å². The van der Waals surface area contributed by atoms with E-state index in [9.17, 15) is 9.59 Å². The fraction of sp³-hybridized carbons (Fsp3) is 0.636. The Morgan fingerprint density at radius 1 is 1.50 bits per heavy atom. The zero-order valence-electron chi connectivity index (χ0n) is 8.92. The molecule has 0 radical (unpaired) electrons. The van der Waals surface area contributed by atoms with Crippen LogP contribution in [0.1, 0.15) is 33.1 Å². The van der Waals surface area contributed by atoms with E-state index in [-0.39, 0.29) is 5.78 Å². The van der Waals surface area contributed by atoms with Crippen LogP contribution in [0.4, 0.5) is 0 Å². The number of hydrogen-bond donors (Lipinski definition) is 0. The maximum absolute atomic E-state index is 11.7. The molecule has 0 aliphatic heterocycles. The van der Waals surface area contributed by atoms with Gasteiger partial charge in [0.05, 0.1) is 7.11 Å². The number of methoxy groups -OCH3 is 1. The quantitative estimate of drug-likeness (QED) is 0.384. The van der Waals surface area contributed by atoms with Gasteiger partial charge in [0.2, 0.25) is 0 Å². The Kier molecular flexibility index (Phi) is 3.09. The second kappa shape index (κ2) is 3.95. The van der Waals surface area contributed by atoms with Gasteiger partial charge in [0.15, 0.2) is 5.78 Å². The van der Waals surface area contributed by atoms with E-state index in [2.05, 4.69) is 0 Å². The van der Waals surface area contributed by atoms with E-state index in [1.807, 2.05) is 13.0 Å². The number of hydrogen-bond acceptors (Lipinski definition) is 3. The zero-order chi connectivity index (χ0) is 10.8. The van der Waals surface area contributed by atoms with Gasteiger partial charge in [-0.1, -0.05) is 6.08 Å². The number of carbonyl (C=O) groups excluding carboxylic acids is 2. The molecular formula is C11H16O3. The molecule has 0 heterocycles. The molecule has 3 nitrogen and oxygen atoms in total. The van der Waals surface area contributed by atoms with E-state index < -0.39 is 11.4 Å². The first kappa shape index (κ1) is 11.0. The first-order chi connectivity index (χ1) is 6.59. The van der Waals surface area contributed by atoms with Gasteiger partial charge in [0.25, 0.3) is 0 Å². The summed E-state index contributed by atoms with van der Waals surface area (Å²) < 4.78 is 4.73. The SMILES string of the molecule is C/C=C1/CCCC1(C(C)=O)C(=O)OC. The van der Waals surface area contributed by atoms with Crippen molar-refractivity contribution >= 4 is 11.8 Å². The first-order valence-corrected chi connectivity index (χ1v) is 4.84. The van der Waals surface area contributed by atoms with Crippen molar-refractivity contribution < 1.29 is 14.3 Å². The predicted octanol–water partition coefficient (Wildman–Crippen LogP) is 1.86. The summed E-state index contributed by atoms with van der Waals surface area (Å²) in [5.41, 5.74) is -0.0550. The molecule has 0 aromatic heterocycles. The van der Waals surface area contributed by atoms with Crippen molar-refractivity contribution in [2.45, 2.75) is 33.1 Å². The minimum absolute atomic E-state index is 0.102. The Morgan fingerprint density at radius 2 is 2.14 bits per heavy atom. The minimum atomic E-state index is -0.969. The number of ketones is 1. The molecule has 0 N–H and O–H groups in total. The zero-order valence-corrected chi connectivity index (χ0v) is 8.92. The molecule has 3 heteroatoms. The van der Waals surface area contributed by atoms with Gasteiger partial charge in [-0.3, -0.25) is 9.59 Å². The van der Waals surface area contributed by atoms with E-state index in [1.165, 1.54) is 14.0 Å². The lowest BCUT2D eigenvalue weighted by atomic mass is 9.78. The molecule has 14 heavy (non-hydrogen) atoms. The van der Waals surface area contributed by atoms with Crippen molar-refractivity contribution in [3.05, 3.63) is 11.6 Å². The van der Waals surface area contributed by atoms with Crippen LogP contribution in [0.25, 0.3) is 0 Å². The average molecular weight is 196 g/mol. The van der Waals surface area contributed by atoms with Crippen LogP contribution < -0.4 is 0 Å². The summed E-state index contributed by atoms with van der Waals surface area (Å²) in [5.74, 6) is -0.509. The third-order valence-electron chi connectivity index (χ3n) is 3.03. The average Bonchev–Trinajstić information content (AvgIpc) is 2.60. The number of esters is 1. The number of allylic oxidation sites excluding steroid dienone is 1. The number of ether oxygens (including phenoxy) is 1. The Morgan fingerprint density at radius 3 is 2.57 bits per heavy atom. The summed E-state index contributed by atoms with van der Waals surface area (Å²) in [4.78, 5) is 23.3. The Hall–Kier alpha value is -1.12. The molecule has 1 aliphatic rings. The minimum Gasteiger partial charge on any atom is -0.468 e. The lowest BCUT2D eigenvalue weighted by molar-refractivity contribution is -0.154. The summed E-state index contributed by atoms with van der Waals surface area (Å²) >= 11 is 0. The molecule has 0 saturated heterocycles. The van der Waals surface area contributed by atoms with E-state index in [0.29, 0.717) is 6.42 Å². The topological polar surface area (TPSA) is 43.4 Å². The summed E-state index contributed by atoms with van der Waals surface area (Å²) in [5, 5.41) is 0. The molecule has 0 aromatic rings. The van der Waals surface area contributed by atoms with Gasteiger partial charge in [-0.2, -0.15) is 0 Å². The third-order valence-corrected chi connectivity index (χ3v) is 3.03. The Balaban J connectivity index is 3.16. The normalized spacial score (nSPS) is 29.2. The first-order valence-electron chi connectivity index (χ1n) is 4.84. The number of carbonyl (C=O) groups is 2. The monoisotopic (exact) mass is 196 g/mol. The second-order valence-electron chi connectivity index (χ2n) is 3.62. The molecular weight excluding hydrogens is 180 g/mol. The largest absolute Gasteiger partial charge is 0.468 e. The summed E-state index contributed by atoms with van der Waals surface area (Å²) in [6.07, 6.45) is 4.17. The van der Waals surface area contributed by atoms with Crippen molar-refractivity contribution in [3.8, 4) is 0 Å². The van der Waals surface area contributed by atoms with Gasteiger partial charge >= 0.3 is 5.97 Å². The highest BCUT2D eigenvalue weighted by atomic mass is 16.5. The van der Waals surface area contributed by atoms with Crippen molar-refractivity contribution in [1.29, 1.82) is 0 Å². The maximum atomic E-state index is 11.7. The van der Waals surface area contributed by atoms with Crippen LogP contribution in [0.3, 0.4) is 0 Å². The predicted molar refractivity (Wildman–Crippen MR) is 52.7 cm³/mol. The van der Waals surface area contributed by atoms with E-state index in [1.54, 1.807) is 0 Å². The summed E-state index contributed by atoms with van der Waals surface area (Å²) in [6.45, 7) is 3.33. The van der Waals surface area contributed by atoms with E-state index >= 15 is 0 Å². The molecule has 78 valence electrons. The third kappa shape index (κ3) is 1.37. The molecule has 0 aromatic carbocycles. The fourth-order valence-electron chi connectivity index (χ4n) is 2.26. The van der Waals surface area contributed by atoms with Crippen LogP contribution >= 0.6 is 0 Å². The van der Waals surface area contributed by atoms with Gasteiger partial charge in [0.1, 0.15) is 5.41 Å². The van der Waals surface area contributed by atoms with Crippen LogP contribution in [0, 0.1) is 5.41 Å². The lowest BCUT2D eigenvalue weighted by Gasteiger charge is -2.24. The molecule has 0 bridgehead atoms. The van der Waals surface area contributed by atoms with Gasteiger partial charge in [-0.25, -0.2) is 0 Å². The number of rotatable bonds is 2. The standard InChI is InChI=1S/C11H16O3/c1-4-9-6-5-7-11(9,8(2)12)10(13)14-3/h4H,5-7H2,1-3H3/b9-4-. The molecule has 0 amide bonds. The van der Waals surface area contributed by atoms with Crippen LogP contribution in [0.2, 0.25) is 0 Å². The molecule has 1 rings (SSSR count). The molecule has 1 fully saturated rings. The smallest absolute Gasteiger partial charge is 0.323 e. The molecule has 1 saturated carbocycles. The van der Waals surface area contributed by atoms with Crippen molar-refractivity contribution in [1.82, 2.24) is 0 Å². The van der Waals surface area contributed by atoms with Crippen LogP contribution in [0.15, 0.2) is 11.6 Å². The highest BCUT2D eigenvalue weighted by Gasteiger charge is 2.49. The summed E-state index contributed by atoms with van der Waals surface area (Å²) in [6, 6.07) is 0. The molecule has 1 unspecified atom stereocenters. The fourth-order valence-corrected chi connectivity index (χ4v) is 2.26. The summed E-state index contributed by atoms with van der Waals surface area (Å²) in [7, 11) is 1.33. The highest BCUT2D eigenvalue weighted by molar-refractivity contribution is 6.06. The van der Waals surface area contributed by atoms with Gasteiger partial charge in [0, 0.05) is 0 Å². The van der Waals surface area contributed by atoms with Gasteiger partial charge < -0.3 is 4.74 Å². The number of Topliss-reactive ketones (excluding diaryl/α,β-unsaturated/α-hetero) is 1. The van der Waals surface area contributed by atoms with E-state index in [4.69, 9.17) is 4.74 Å². The van der Waals surface area contributed by atoms with Gasteiger partial charge in [-0.15, -0.1) is 0 Å². The molecule has 1 atom stereocenters. The maximum Gasteiger partial charge on any atom is 0.323 e. The van der Waals surface area contributed by atoms with Crippen LogP contribution in [-0.4, -0.2) is 18.9 Å². The second-order valence-corrected chi connectivity index (χ2v) is 3.62. The van der Waals surface area contributed by atoms with Crippen molar-refractivity contribution in [2.75, 3.05) is 7.11 Å².